The Morgan fingerprint density at radius 3 is 1.17 bits per heavy atom. The van der Waals surface area contributed by atoms with Crippen LogP contribution in [0.3, 0.4) is 0 Å². The molecule has 0 spiro atoms. The molecule has 0 N–H and O–H groups in total. The Morgan fingerprint density at radius 2 is 0.756 bits per heavy atom. The molecule has 1 aromatic rings. The van der Waals surface area contributed by atoms with Crippen molar-refractivity contribution in [1.82, 2.24) is 4.57 Å². The summed E-state index contributed by atoms with van der Waals surface area (Å²) in [5.74, 6) is 1.62. The molecule has 0 amide bonds. The Kier molecular flexibility index (Phi) is 28.6. The zero-order chi connectivity index (χ0) is 29.5. The lowest BCUT2D eigenvalue weighted by molar-refractivity contribution is -0.704. The van der Waals surface area contributed by atoms with Crippen LogP contribution in [0.25, 0.3) is 0 Å². The fourth-order valence-corrected chi connectivity index (χ4v) is 6.50. The van der Waals surface area contributed by atoms with Gasteiger partial charge in [-0.3, -0.25) is 0 Å². The zero-order valence-electron chi connectivity index (χ0n) is 28.9. The molecule has 0 atom stereocenters. The van der Waals surface area contributed by atoms with Gasteiger partial charge in [-0.2, -0.15) is 0 Å². The molecular formula is C39H77N2+. The molecule has 0 aliphatic carbocycles. The molecule has 0 aliphatic heterocycles. The Bertz CT molecular complexity index is 598. The minimum absolute atomic E-state index is 1.23. The molecule has 0 saturated heterocycles. The third-order valence-corrected chi connectivity index (χ3v) is 9.35. The highest BCUT2D eigenvalue weighted by molar-refractivity contribution is 4.84. The van der Waals surface area contributed by atoms with Gasteiger partial charge in [-0.1, -0.05) is 181 Å². The summed E-state index contributed by atoms with van der Waals surface area (Å²) in [5, 5.41) is 0. The number of nitrogens with zero attached hydrogens (tertiary/aromatic N) is 2. The van der Waals surface area contributed by atoms with Crippen molar-refractivity contribution in [2.24, 2.45) is 0 Å². The van der Waals surface area contributed by atoms with E-state index in [1.165, 1.54) is 212 Å². The summed E-state index contributed by atoms with van der Waals surface area (Å²) in [5.41, 5.74) is 0. The molecule has 1 rings (SSSR count). The molecule has 1 heterocycles. The van der Waals surface area contributed by atoms with Crippen LogP contribution in [0.2, 0.25) is 0 Å². The number of hydrogen-bond donors (Lipinski definition) is 0. The summed E-state index contributed by atoms with van der Waals surface area (Å²) >= 11 is 0. The van der Waals surface area contributed by atoms with E-state index in [2.05, 4.69) is 42.3 Å². The molecular weight excluding hydrogens is 496 g/mol. The highest BCUT2D eigenvalue weighted by Gasteiger charge is 2.16. The first-order valence-electron chi connectivity index (χ1n) is 19.4. The minimum atomic E-state index is 1.23. The average molecular weight is 574 g/mol. The molecule has 0 radical (unpaired) electrons. The van der Waals surface area contributed by atoms with Gasteiger partial charge in [0.05, 0.1) is 13.1 Å². The van der Waals surface area contributed by atoms with Gasteiger partial charge in [-0.05, 0) is 32.1 Å². The second-order valence-corrected chi connectivity index (χ2v) is 13.4. The SMILES string of the molecule is CCCCCCCCCCCCCCCCCCc1n(CCCCCCCCC)cc[n+]1CCCCCCCCC. The number of imidazole rings is 1. The molecule has 0 bridgehead atoms. The fourth-order valence-electron chi connectivity index (χ4n) is 6.50. The second kappa shape index (κ2) is 30.7. The Labute approximate surface area is 259 Å². The molecule has 0 unspecified atom stereocenters. The van der Waals surface area contributed by atoms with Gasteiger partial charge in [0.1, 0.15) is 12.4 Å². The highest BCUT2D eigenvalue weighted by Crippen LogP contribution is 2.15. The number of rotatable bonds is 33. The summed E-state index contributed by atoms with van der Waals surface area (Å²) in [4.78, 5) is 0. The lowest BCUT2D eigenvalue weighted by Crippen LogP contribution is -2.37. The van der Waals surface area contributed by atoms with Crippen LogP contribution < -0.4 is 4.57 Å². The van der Waals surface area contributed by atoms with Crippen molar-refractivity contribution in [3.8, 4) is 0 Å². The second-order valence-electron chi connectivity index (χ2n) is 13.4. The summed E-state index contributed by atoms with van der Waals surface area (Å²) in [7, 11) is 0. The van der Waals surface area contributed by atoms with Gasteiger partial charge in [0.15, 0.2) is 0 Å². The monoisotopic (exact) mass is 574 g/mol. The van der Waals surface area contributed by atoms with E-state index < -0.39 is 0 Å². The number of aromatic nitrogens is 2. The van der Waals surface area contributed by atoms with E-state index in [4.69, 9.17) is 0 Å². The lowest BCUT2D eigenvalue weighted by atomic mass is 10.0. The summed E-state index contributed by atoms with van der Waals surface area (Å²) in [6.45, 7) is 9.39. The highest BCUT2D eigenvalue weighted by atomic mass is 15.1. The van der Waals surface area contributed by atoms with Gasteiger partial charge in [-0.25, -0.2) is 9.13 Å². The smallest absolute Gasteiger partial charge is 0.234 e. The topological polar surface area (TPSA) is 8.81 Å². The normalized spacial score (nSPS) is 11.6. The maximum absolute atomic E-state index is 2.62. The molecule has 1 aromatic heterocycles. The van der Waals surface area contributed by atoms with E-state index in [0.29, 0.717) is 0 Å². The third kappa shape index (κ3) is 23.4. The Balaban J connectivity index is 2.22. The van der Waals surface area contributed by atoms with Crippen LogP contribution in [0, 0.1) is 0 Å². The third-order valence-electron chi connectivity index (χ3n) is 9.35. The average Bonchev–Trinajstić information content (AvgIpc) is 3.37. The summed E-state index contributed by atoms with van der Waals surface area (Å²) in [6, 6.07) is 0. The largest absolute Gasteiger partial charge is 0.256 e. The first kappa shape index (κ1) is 38.2. The van der Waals surface area contributed by atoms with Crippen molar-refractivity contribution < 1.29 is 4.57 Å². The van der Waals surface area contributed by atoms with Crippen LogP contribution in [0.15, 0.2) is 12.4 Å². The van der Waals surface area contributed by atoms with Crippen molar-refractivity contribution in [3.63, 3.8) is 0 Å². The fraction of sp³-hybridized carbons (Fsp3) is 0.923. The van der Waals surface area contributed by atoms with Crippen molar-refractivity contribution in [2.75, 3.05) is 0 Å². The summed E-state index contributed by atoms with van der Waals surface area (Å²) < 4.78 is 5.25. The van der Waals surface area contributed by atoms with Crippen LogP contribution in [-0.4, -0.2) is 4.57 Å². The molecule has 0 aromatic carbocycles. The van der Waals surface area contributed by atoms with E-state index in [9.17, 15) is 0 Å². The lowest BCUT2D eigenvalue weighted by Gasteiger charge is -2.07. The van der Waals surface area contributed by atoms with Crippen molar-refractivity contribution in [2.45, 2.75) is 233 Å². The van der Waals surface area contributed by atoms with Gasteiger partial charge in [0.25, 0.3) is 5.82 Å². The van der Waals surface area contributed by atoms with Gasteiger partial charge in [-0.15, -0.1) is 0 Å². The standard InChI is InChI=1S/C39H77N2/c1-4-7-10-13-16-17-18-19-20-21-22-23-24-25-28-31-34-39-40(35-32-29-26-14-11-8-5-2)37-38-41(39)36-33-30-27-15-12-9-6-3/h37-38H,4-36H2,1-3H3/q+1. The number of unbranched alkanes of at least 4 members (excludes halogenated alkanes) is 27. The van der Waals surface area contributed by atoms with E-state index >= 15 is 0 Å². The van der Waals surface area contributed by atoms with Gasteiger partial charge >= 0.3 is 0 Å². The predicted molar refractivity (Wildman–Crippen MR) is 184 cm³/mol. The number of aryl methyl sites for hydroxylation is 2. The predicted octanol–water partition coefficient (Wildman–Crippen LogP) is 13.1. The van der Waals surface area contributed by atoms with E-state index in [1.54, 1.807) is 5.82 Å². The maximum Gasteiger partial charge on any atom is 0.256 e. The van der Waals surface area contributed by atoms with E-state index in [-0.39, 0.29) is 0 Å². The zero-order valence-corrected chi connectivity index (χ0v) is 28.9. The quantitative estimate of drug-likeness (QED) is 0.0584. The molecule has 2 nitrogen and oxygen atoms in total. The molecule has 2 heteroatoms. The van der Waals surface area contributed by atoms with Crippen LogP contribution in [0.4, 0.5) is 0 Å². The van der Waals surface area contributed by atoms with Crippen LogP contribution in [0.5, 0.6) is 0 Å². The van der Waals surface area contributed by atoms with Crippen molar-refractivity contribution >= 4 is 0 Å². The molecule has 0 saturated carbocycles. The first-order valence-corrected chi connectivity index (χ1v) is 19.4. The van der Waals surface area contributed by atoms with E-state index in [1.807, 2.05) is 0 Å². The summed E-state index contributed by atoms with van der Waals surface area (Å²) in [6.07, 6.45) is 48.9. The van der Waals surface area contributed by atoms with Crippen LogP contribution in [-0.2, 0) is 19.5 Å². The van der Waals surface area contributed by atoms with Gasteiger partial charge < -0.3 is 0 Å². The minimum Gasteiger partial charge on any atom is -0.234 e. The molecule has 0 fully saturated rings. The van der Waals surface area contributed by atoms with Crippen LogP contribution in [0.1, 0.15) is 219 Å². The molecule has 41 heavy (non-hydrogen) atoms. The van der Waals surface area contributed by atoms with Crippen LogP contribution >= 0.6 is 0 Å². The van der Waals surface area contributed by atoms with Crippen molar-refractivity contribution in [1.29, 1.82) is 0 Å². The molecule has 242 valence electrons. The Morgan fingerprint density at radius 1 is 0.415 bits per heavy atom. The van der Waals surface area contributed by atoms with E-state index in [0.717, 1.165) is 0 Å². The van der Waals surface area contributed by atoms with Crippen molar-refractivity contribution in [3.05, 3.63) is 18.2 Å². The Hall–Kier alpha value is -0.790. The molecule has 0 aliphatic rings. The number of hydrogen-bond acceptors (Lipinski definition) is 0. The van der Waals surface area contributed by atoms with Gasteiger partial charge in [0, 0.05) is 6.42 Å². The maximum atomic E-state index is 2.62. The van der Waals surface area contributed by atoms with Gasteiger partial charge in [0.2, 0.25) is 0 Å². The first-order chi connectivity index (χ1) is 20.3.